The van der Waals surface area contributed by atoms with Crippen molar-refractivity contribution in [1.29, 1.82) is 0 Å². The molecule has 0 unspecified atom stereocenters. The molecule has 2 heterocycles. The van der Waals surface area contributed by atoms with Crippen molar-refractivity contribution in [2.24, 2.45) is 0 Å². The van der Waals surface area contributed by atoms with Gasteiger partial charge in [0.2, 0.25) is 0 Å². The van der Waals surface area contributed by atoms with Gasteiger partial charge in [-0.1, -0.05) is 26.0 Å². The number of anilines is 1. The summed E-state index contributed by atoms with van der Waals surface area (Å²) in [6.07, 6.45) is 0.959. The second kappa shape index (κ2) is 4.53. The number of hydrogen-bond acceptors (Lipinski definition) is 4. The Hall–Kier alpha value is -2.10. The minimum absolute atomic E-state index is 0.250. The smallest absolute Gasteiger partial charge is 0.133 e. The van der Waals surface area contributed by atoms with Gasteiger partial charge in [0.05, 0.1) is 12.3 Å². The number of hydrogen-bond donors (Lipinski definition) is 1. The zero-order valence-electron chi connectivity index (χ0n) is 11.2. The van der Waals surface area contributed by atoms with E-state index in [-0.39, 0.29) is 5.92 Å². The topological polar surface area (TPSA) is 61.0 Å². The van der Waals surface area contributed by atoms with Gasteiger partial charge in [-0.2, -0.15) is 0 Å². The van der Waals surface area contributed by atoms with Gasteiger partial charge >= 0.3 is 0 Å². The maximum absolute atomic E-state index is 5.89. The maximum Gasteiger partial charge on any atom is 0.133 e. The molecule has 0 atom stereocenters. The predicted molar refractivity (Wildman–Crippen MR) is 75.2 cm³/mol. The Morgan fingerprint density at radius 1 is 1.26 bits per heavy atom. The van der Waals surface area contributed by atoms with E-state index < -0.39 is 0 Å². The van der Waals surface area contributed by atoms with Gasteiger partial charge in [-0.25, -0.2) is 9.97 Å². The summed E-state index contributed by atoms with van der Waals surface area (Å²) in [4.78, 5) is 8.89. The first-order valence-electron chi connectivity index (χ1n) is 6.54. The molecule has 0 saturated heterocycles. The quantitative estimate of drug-likeness (QED) is 0.896. The van der Waals surface area contributed by atoms with Crippen LogP contribution in [0.4, 0.5) is 5.82 Å². The minimum Gasteiger partial charge on any atom is -0.492 e. The second-order valence-corrected chi connectivity index (χ2v) is 5.08. The molecule has 0 saturated carbocycles. The third-order valence-electron chi connectivity index (χ3n) is 3.27. The normalized spacial score (nSPS) is 13.4. The van der Waals surface area contributed by atoms with Gasteiger partial charge in [0, 0.05) is 24.0 Å². The standard InChI is InChI=1S/C15H17N3O/c1-9(2)15-17-12(8-13(16)18-15)11-5-3-4-10-6-7-19-14(10)11/h3-5,8-9H,6-7H2,1-2H3,(H2,16,17,18). The minimum atomic E-state index is 0.250. The molecule has 3 rings (SSSR count). The van der Waals surface area contributed by atoms with Gasteiger partial charge in [-0.05, 0) is 11.6 Å². The Bertz CT molecular complexity index is 623. The number of para-hydroxylation sites is 1. The number of nitrogens with zero attached hydrogens (tertiary/aromatic N) is 2. The highest BCUT2D eigenvalue weighted by atomic mass is 16.5. The van der Waals surface area contributed by atoms with Crippen LogP contribution < -0.4 is 10.5 Å². The number of nitrogen functional groups attached to an aromatic ring is 1. The molecule has 1 aliphatic heterocycles. The van der Waals surface area contributed by atoms with Gasteiger partial charge in [0.1, 0.15) is 17.4 Å². The number of fused-ring (bicyclic) bond motifs is 1. The molecule has 4 heteroatoms. The van der Waals surface area contributed by atoms with Crippen molar-refractivity contribution >= 4 is 5.82 Å². The van der Waals surface area contributed by atoms with Crippen LogP contribution in [0.5, 0.6) is 5.75 Å². The van der Waals surface area contributed by atoms with Crippen LogP contribution in [0.2, 0.25) is 0 Å². The Morgan fingerprint density at radius 2 is 2.11 bits per heavy atom. The van der Waals surface area contributed by atoms with Crippen LogP contribution in [-0.4, -0.2) is 16.6 Å². The van der Waals surface area contributed by atoms with Gasteiger partial charge in [0.25, 0.3) is 0 Å². The molecular weight excluding hydrogens is 238 g/mol. The van der Waals surface area contributed by atoms with Crippen LogP contribution in [0.1, 0.15) is 31.2 Å². The summed E-state index contributed by atoms with van der Waals surface area (Å²) in [5.74, 6) is 2.46. The van der Waals surface area contributed by atoms with E-state index in [9.17, 15) is 0 Å². The van der Waals surface area contributed by atoms with E-state index in [4.69, 9.17) is 10.5 Å². The first kappa shape index (κ1) is 12.0. The average molecular weight is 255 g/mol. The lowest BCUT2D eigenvalue weighted by Crippen LogP contribution is -2.03. The summed E-state index contributed by atoms with van der Waals surface area (Å²) < 4.78 is 5.72. The third-order valence-corrected chi connectivity index (χ3v) is 3.27. The Labute approximate surface area is 112 Å². The van der Waals surface area contributed by atoms with E-state index in [1.54, 1.807) is 0 Å². The summed E-state index contributed by atoms with van der Waals surface area (Å²) >= 11 is 0. The van der Waals surface area contributed by atoms with Crippen LogP contribution in [-0.2, 0) is 6.42 Å². The van der Waals surface area contributed by atoms with Crippen molar-refractivity contribution in [3.63, 3.8) is 0 Å². The number of benzene rings is 1. The number of ether oxygens (including phenoxy) is 1. The van der Waals surface area contributed by atoms with E-state index in [1.807, 2.05) is 18.2 Å². The van der Waals surface area contributed by atoms with E-state index in [0.717, 1.165) is 35.9 Å². The maximum atomic E-state index is 5.89. The molecule has 1 aromatic heterocycles. The fourth-order valence-electron chi connectivity index (χ4n) is 2.30. The van der Waals surface area contributed by atoms with E-state index >= 15 is 0 Å². The summed E-state index contributed by atoms with van der Waals surface area (Å²) in [6, 6.07) is 7.97. The van der Waals surface area contributed by atoms with Crippen molar-refractivity contribution in [1.82, 2.24) is 9.97 Å². The summed E-state index contributed by atoms with van der Waals surface area (Å²) in [5, 5.41) is 0. The van der Waals surface area contributed by atoms with Crippen molar-refractivity contribution in [2.75, 3.05) is 12.3 Å². The first-order chi connectivity index (χ1) is 9.15. The SMILES string of the molecule is CC(C)c1nc(N)cc(-c2cccc3c2OCC3)n1. The van der Waals surface area contributed by atoms with Gasteiger partial charge < -0.3 is 10.5 Å². The molecule has 0 spiro atoms. The van der Waals surface area contributed by atoms with Gasteiger partial charge in [0.15, 0.2) is 0 Å². The molecule has 19 heavy (non-hydrogen) atoms. The molecule has 2 N–H and O–H groups in total. The monoisotopic (exact) mass is 255 g/mol. The molecule has 4 nitrogen and oxygen atoms in total. The van der Waals surface area contributed by atoms with Crippen LogP contribution in [0.25, 0.3) is 11.3 Å². The fraction of sp³-hybridized carbons (Fsp3) is 0.333. The molecule has 0 bridgehead atoms. The molecule has 1 aromatic carbocycles. The predicted octanol–water partition coefficient (Wildman–Crippen LogP) is 2.78. The highest BCUT2D eigenvalue weighted by Gasteiger charge is 2.18. The van der Waals surface area contributed by atoms with Crippen molar-refractivity contribution in [2.45, 2.75) is 26.2 Å². The number of rotatable bonds is 2. The Morgan fingerprint density at radius 3 is 2.89 bits per heavy atom. The molecule has 0 amide bonds. The third kappa shape index (κ3) is 2.14. The summed E-state index contributed by atoms with van der Waals surface area (Å²) in [7, 11) is 0. The van der Waals surface area contributed by atoms with Crippen molar-refractivity contribution < 1.29 is 4.74 Å². The van der Waals surface area contributed by atoms with Crippen molar-refractivity contribution in [3.05, 3.63) is 35.7 Å². The summed E-state index contributed by atoms with van der Waals surface area (Å²) in [6.45, 7) is 4.86. The molecule has 98 valence electrons. The van der Waals surface area contributed by atoms with Crippen LogP contribution in [0.3, 0.4) is 0 Å². The zero-order chi connectivity index (χ0) is 13.4. The van der Waals surface area contributed by atoms with Crippen LogP contribution >= 0.6 is 0 Å². The lowest BCUT2D eigenvalue weighted by Gasteiger charge is -2.11. The van der Waals surface area contributed by atoms with Gasteiger partial charge in [-0.3, -0.25) is 0 Å². The van der Waals surface area contributed by atoms with E-state index in [2.05, 4.69) is 29.9 Å². The molecule has 0 radical (unpaired) electrons. The lowest BCUT2D eigenvalue weighted by atomic mass is 10.0. The second-order valence-electron chi connectivity index (χ2n) is 5.08. The van der Waals surface area contributed by atoms with Crippen LogP contribution in [0.15, 0.2) is 24.3 Å². The highest BCUT2D eigenvalue weighted by molar-refractivity contribution is 5.71. The van der Waals surface area contributed by atoms with E-state index in [1.165, 1.54) is 5.56 Å². The first-order valence-corrected chi connectivity index (χ1v) is 6.54. The lowest BCUT2D eigenvalue weighted by molar-refractivity contribution is 0.358. The Kier molecular flexibility index (Phi) is 2.85. The summed E-state index contributed by atoms with van der Waals surface area (Å²) in [5.41, 5.74) is 8.97. The molecule has 1 aliphatic rings. The molecular formula is C15H17N3O. The molecule has 0 fully saturated rings. The highest BCUT2D eigenvalue weighted by Crippen LogP contribution is 2.36. The largest absolute Gasteiger partial charge is 0.492 e. The van der Waals surface area contributed by atoms with Gasteiger partial charge in [-0.15, -0.1) is 0 Å². The van der Waals surface area contributed by atoms with E-state index in [0.29, 0.717) is 5.82 Å². The Balaban J connectivity index is 2.15. The fourth-order valence-corrected chi connectivity index (χ4v) is 2.30. The van der Waals surface area contributed by atoms with Crippen LogP contribution in [0, 0.1) is 0 Å². The molecule has 0 aliphatic carbocycles. The molecule has 2 aromatic rings. The number of nitrogens with two attached hydrogens (primary N) is 1. The number of aromatic nitrogens is 2. The average Bonchev–Trinajstić information content (AvgIpc) is 2.85. The zero-order valence-corrected chi connectivity index (χ0v) is 11.2. The van der Waals surface area contributed by atoms with Crippen molar-refractivity contribution in [3.8, 4) is 17.0 Å².